The van der Waals surface area contributed by atoms with Gasteiger partial charge in [-0.05, 0) is 89.7 Å². The van der Waals surface area contributed by atoms with E-state index in [1.807, 2.05) is 65.6 Å². The highest BCUT2D eigenvalue weighted by Crippen LogP contribution is 2.49. The molecule has 1 amide bonds. The number of fused-ring (bicyclic) bond motifs is 3. The number of hydrogen-bond donors (Lipinski definition) is 4. The van der Waals surface area contributed by atoms with Gasteiger partial charge in [-0.3, -0.25) is 24.1 Å². The third-order valence-electron chi connectivity index (χ3n) is 18.4. The van der Waals surface area contributed by atoms with Gasteiger partial charge >= 0.3 is 0 Å². The number of carbonyl (C=O) groups excluding carboxylic acids is 1. The molecule has 1 saturated carbocycles. The smallest absolute Gasteiger partial charge is 0.272 e. The van der Waals surface area contributed by atoms with Gasteiger partial charge in [0.1, 0.15) is 38.9 Å². The van der Waals surface area contributed by atoms with Crippen LogP contribution in [0.3, 0.4) is 0 Å². The summed E-state index contributed by atoms with van der Waals surface area (Å²) < 4.78 is 84.8. The number of amides is 1. The lowest BCUT2D eigenvalue weighted by Gasteiger charge is -2.34. The van der Waals surface area contributed by atoms with Crippen LogP contribution in [0.2, 0.25) is 0 Å². The van der Waals surface area contributed by atoms with Crippen LogP contribution in [0.1, 0.15) is 87.3 Å². The highest BCUT2D eigenvalue weighted by Gasteiger charge is 2.38. The molecule has 0 atom stereocenters. The summed E-state index contributed by atoms with van der Waals surface area (Å²) in [5.74, 6) is -1.00. The molecule has 14 rings (SSSR count). The van der Waals surface area contributed by atoms with Crippen molar-refractivity contribution in [2.75, 3.05) is 76.2 Å². The van der Waals surface area contributed by atoms with Crippen LogP contribution >= 0.6 is 33.8 Å². The van der Waals surface area contributed by atoms with Crippen molar-refractivity contribution < 1.29 is 31.7 Å². The Morgan fingerprint density at radius 1 is 0.438 bits per heavy atom. The van der Waals surface area contributed by atoms with E-state index < -0.39 is 38.9 Å². The second-order valence-electron chi connectivity index (χ2n) is 24.4. The summed E-state index contributed by atoms with van der Waals surface area (Å²) in [6.07, 6.45) is 7.84. The molecular weight excluding hydrogens is 1300 g/mol. The SMILES string of the molecule is C.C.C.Cl.O=C(C1CCCC1)N1CCP(=O)(c2cc(Cc3n[nH]c(=O)c4ccccc34)ccc2F)CC1.O=c1[nH]nc(Cc2ccc(F)c(P3(=O)CCN(Cc4ccccc4)CC3)c2)c2ccccc12.O=c1[nH]nc(Cc2ccc(F)c(P3(=O)CCNCC3)c2)c2ccccc12. The Labute approximate surface area is 563 Å². The Morgan fingerprint density at radius 3 is 1.15 bits per heavy atom. The van der Waals surface area contributed by atoms with Crippen LogP contribution in [-0.2, 0) is 44.3 Å². The van der Waals surface area contributed by atoms with Gasteiger partial charge in [-0.25, -0.2) is 28.5 Å². The third kappa shape index (κ3) is 16.6. The van der Waals surface area contributed by atoms with Crippen molar-refractivity contribution >= 4 is 88.0 Å². The second-order valence-corrected chi connectivity index (χ2v) is 33.8. The number of rotatable bonds is 12. The Hall–Kier alpha value is -7.88. The van der Waals surface area contributed by atoms with E-state index in [-0.39, 0.29) is 68.5 Å². The summed E-state index contributed by atoms with van der Waals surface area (Å²) in [6, 6.07) is 46.4. The van der Waals surface area contributed by atoms with Crippen molar-refractivity contribution in [3.8, 4) is 0 Å². The quantitative estimate of drug-likeness (QED) is 0.0839. The van der Waals surface area contributed by atoms with Gasteiger partial charge in [0.15, 0.2) is 0 Å². The van der Waals surface area contributed by atoms with E-state index in [4.69, 9.17) is 0 Å². The highest BCUT2D eigenvalue weighted by atomic mass is 35.5. The predicted molar refractivity (Wildman–Crippen MR) is 386 cm³/mol. The van der Waals surface area contributed by atoms with Crippen molar-refractivity contribution in [1.82, 2.24) is 45.7 Å². The number of aromatic nitrogens is 6. The minimum atomic E-state index is -2.95. The first-order valence-electron chi connectivity index (χ1n) is 31.3. The standard InChI is InChI=1S/C26H25FN3O2P.C25H27FN3O3P.C19H19FN3O2P.3CH4.ClH/c27-23-11-10-20(16-24-21-8-4-5-9-22(21)26(31)29-28-24)17-25(23)33(32)14-12-30(13-15-33)18-19-6-2-1-3-7-19;26-21-10-9-17(15-22-19-7-3-4-8-20(19)24(30)28-27-22)16-23(21)33(32)13-11-29(12-14-33)25(31)18-5-1-2-6-18;20-16-6-5-13(12-18(16)26(25)9-7-21-8-10-26)11-17-14-3-1-2-4-15(14)19(24)23-22-17;;;;/h1-11,17H,12-16,18H2,(H,29,31);3-4,7-10,16,18H,1-2,5-6,11-15H2,(H,28,30);1-6,12,21H,7-11H2,(H,23,24);3*1H4;1H. The lowest BCUT2D eigenvalue weighted by atomic mass is 10.0. The van der Waals surface area contributed by atoms with Gasteiger partial charge in [-0.15, -0.1) is 12.4 Å². The number of carbonyl (C=O) groups is 1. The summed E-state index contributed by atoms with van der Waals surface area (Å²) in [7, 11) is -8.48. The topological polar surface area (TPSA) is 224 Å². The summed E-state index contributed by atoms with van der Waals surface area (Å²) in [5.41, 5.74) is 5.05. The Balaban J connectivity index is 0.000000182. The molecule has 0 radical (unpaired) electrons. The lowest BCUT2D eigenvalue weighted by Crippen LogP contribution is -2.43. The first-order valence-corrected chi connectivity index (χ1v) is 37.5. The van der Waals surface area contributed by atoms with Crippen LogP contribution in [0, 0.1) is 23.4 Å². The van der Waals surface area contributed by atoms with Crippen LogP contribution in [-0.4, -0.2) is 123 Å². The molecule has 3 aromatic heterocycles. The zero-order chi connectivity index (χ0) is 64.0. The molecule has 16 nitrogen and oxygen atoms in total. The monoisotopic (exact) mass is 1380 g/mol. The van der Waals surface area contributed by atoms with Crippen LogP contribution < -0.4 is 37.9 Å². The van der Waals surface area contributed by atoms with Crippen molar-refractivity contribution in [3.63, 3.8) is 0 Å². The summed E-state index contributed by atoms with van der Waals surface area (Å²) in [6.45, 7) is 4.31. The molecule has 0 bridgehead atoms. The van der Waals surface area contributed by atoms with Crippen LogP contribution in [0.4, 0.5) is 13.2 Å². The van der Waals surface area contributed by atoms with E-state index in [1.165, 1.54) is 23.8 Å². The van der Waals surface area contributed by atoms with E-state index in [9.17, 15) is 46.0 Å². The molecule has 4 N–H and O–H groups in total. The van der Waals surface area contributed by atoms with Gasteiger partial charge in [0.2, 0.25) is 5.91 Å². The van der Waals surface area contributed by atoms with Crippen LogP contribution in [0.5, 0.6) is 0 Å². The average molecular weight is 1380 g/mol. The minimum absolute atomic E-state index is 0. The highest BCUT2D eigenvalue weighted by molar-refractivity contribution is 7.72. The zero-order valence-corrected chi connectivity index (χ0v) is 54.7. The molecule has 4 aliphatic rings. The maximum atomic E-state index is 14.8. The number of aromatic amines is 3. The first-order chi connectivity index (χ1) is 44.5. The fraction of sp³-hybridized carbons (Fsp3) is 0.329. The molecule has 3 saturated heterocycles. The number of hydrogen-bond acceptors (Lipinski definition) is 12. The number of H-pyrrole nitrogens is 3. The van der Waals surface area contributed by atoms with Crippen LogP contribution in [0.25, 0.3) is 32.3 Å². The van der Waals surface area contributed by atoms with Crippen molar-refractivity contribution in [3.05, 3.63) is 246 Å². The average Bonchev–Trinajstić information content (AvgIpc) is 0.948. The van der Waals surface area contributed by atoms with Crippen molar-refractivity contribution in [1.29, 1.82) is 0 Å². The molecule has 506 valence electrons. The van der Waals surface area contributed by atoms with Gasteiger partial charge in [-0.1, -0.05) is 138 Å². The molecule has 23 heteroatoms. The molecule has 6 heterocycles. The summed E-state index contributed by atoms with van der Waals surface area (Å²) >= 11 is 0. The molecule has 4 fully saturated rings. The molecule has 3 aliphatic heterocycles. The molecule has 10 aromatic rings. The van der Waals surface area contributed by atoms with Crippen molar-refractivity contribution in [2.24, 2.45) is 5.92 Å². The van der Waals surface area contributed by atoms with Gasteiger partial charge in [0.05, 0.1) is 33.2 Å². The molecule has 7 aromatic carbocycles. The predicted octanol–water partition coefficient (Wildman–Crippen LogP) is 12.4. The number of nitrogens with one attached hydrogen (secondary N) is 4. The van der Waals surface area contributed by atoms with Gasteiger partial charge in [0, 0.05) is 140 Å². The second kappa shape index (κ2) is 32.4. The summed E-state index contributed by atoms with van der Waals surface area (Å²) in [5, 5.41) is 28.3. The molecule has 1 aliphatic carbocycles. The van der Waals surface area contributed by atoms with E-state index in [0.717, 1.165) is 65.1 Å². The molecule has 0 unspecified atom stereocenters. The van der Waals surface area contributed by atoms with Crippen molar-refractivity contribution in [2.45, 2.75) is 73.8 Å². The number of benzene rings is 7. The molecule has 96 heavy (non-hydrogen) atoms. The van der Waals surface area contributed by atoms with Gasteiger partial charge in [0.25, 0.3) is 16.7 Å². The summed E-state index contributed by atoms with van der Waals surface area (Å²) in [4.78, 5) is 52.9. The maximum absolute atomic E-state index is 14.8. The Kier molecular flexibility index (Phi) is 25.0. The van der Waals surface area contributed by atoms with E-state index >= 15 is 0 Å². The Morgan fingerprint density at radius 2 is 0.771 bits per heavy atom. The van der Waals surface area contributed by atoms with E-state index in [0.29, 0.717) is 139 Å². The lowest BCUT2D eigenvalue weighted by molar-refractivity contribution is -0.135. The molecular formula is C73H84ClF3N9O7P3. The number of nitrogens with zero attached hydrogens (tertiary/aromatic N) is 5. The Bertz CT molecular complexity index is 4710. The zero-order valence-electron chi connectivity index (χ0n) is 51.2. The normalized spacial score (nSPS) is 16.5. The van der Waals surface area contributed by atoms with E-state index in [2.05, 4.69) is 52.9 Å². The van der Waals surface area contributed by atoms with Gasteiger partial charge in [-0.2, -0.15) is 15.3 Å². The molecule has 0 spiro atoms. The maximum Gasteiger partial charge on any atom is 0.272 e. The minimum Gasteiger partial charge on any atom is -0.342 e. The largest absolute Gasteiger partial charge is 0.342 e. The van der Waals surface area contributed by atoms with Crippen LogP contribution in [0.15, 0.2) is 172 Å². The van der Waals surface area contributed by atoms with E-state index in [1.54, 1.807) is 66.7 Å². The number of halogens is 4. The third-order valence-corrected chi connectivity index (χ3v) is 27.6. The fourth-order valence-corrected chi connectivity index (χ4v) is 21.3. The first kappa shape index (κ1) is 73.9. The fourth-order valence-electron chi connectivity index (χ4n) is 13.2. The van der Waals surface area contributed by atoms with Gasteiger partial charge < -0.3 is 23.9 Å².